The van der Waals surface area contributed by atoms with Crippen molar-refractivity contribution in [2.75, 3.05) is 0 Å². The third-order valence-corrected chi connectivity index (χ3v) is 5.33. The van der Waals surface area contributed by atoms with E-state index in [2.05, 4.69) is 13.0 Å². The van der Waals surface area contributed by atoms with Crippen molar-refractivity contribution in [2.24, 2.45) is 17.3 Å². The summed E-state index contributed by atoms with van der Waals surface area (Å²) >= 11 is 0. The van der Waals surface area contributed by atoms with E-state index >= 15 is 0 Å². The van der Waals surface area contributed by atoms with Gasteiger partial charge in [-0.3, -0.25) is 0 Å². The maximum absolute atomic E-state index is 10.6. The second-order valence-corrected chi connectivity index (χ2v) is 6.49. The lowest BCUT2D eigenvalue weighted by Crippen LogP contribution is -2.41. The number of nitriles is 1. The Morgan fingerprint density at radius 1 is 1.22 bits per heavy atom. The Kier molecular flexibility index (Phi) is 4.67. The van der Waals surface area contributed by atoms with Crippen molar-refractivity contribution >= 4 is 0 Å². The average Bonchev–Trinajstić information content (AvgIpc) is 2.93. The van der Waals surface area contributed by atoms with Gasteiger partial charge >= 0.3 is 0 Å². The smallest absolute Gasteiger partial charge is 0.0835 e. The number of aliphatic hydroxyl groups excluding tert-OH is 1. The molecule has 2 saturated carbocycles. The predicted molar refractivity (Wildman–Crippen MR) is 72.9 cm³/mol. The largest absolute Gasteiger partial charge is 0.391 e. The molecule has 0 spiro atoms. The Bertz CT molecular complexity index is 293. The highest BCUT2D eigenvalue weighted by molar-refractivity contribution is 5.07. The molecule has 0 aromatic carbocycles. The number of aliphatic hydroxyl groups is 1. The Morgan fingerprint density at radius 3 is 2.33 bits per heavy atom. The Labute approximate surface area is 111 Å². The van der Waals surface area contributed by atoms with Crippen molar-refractivity contribution < 1.29 is 5.11 Å². The number of nitrogens with zero attached hydrogens (tertiary/aromatic N) is 1. The van der Waals surface area contributed by atoms with Gasteiger partial charge in [0.2, 0.25) is 0 Å². The summed E-state index contributed by atoms with van der Waals surface area (Å²) in [5.74, 6) is 1.19. The summed E-state index contributed by atoms with van der Waals surface area (Å²) in [6.45, 7) is 2.24. The summed E-state index contributed by atoms with van der Waals surface area (Å²) in [5, 5.41) is 20.2. The highest BCUT2D eigenvalue weighted by Crippen LogP contribution is 2.46. The van der Waals surface area contributed by atoms with Crippen LogP contribution in [0.4, 0.5) is 0 Å². The third-order valence-electron chi connectivity index (χ3n) is 5.33. The molecule has 0 saturated heterocycles. The van der Waals surface area contributed by atoms with Crippen molar-refractivity contribution in [1.29, 1.82) is 5.26 Å². The van der Waals surface area contributed by atoms with Crippen LogP contribution in [0.2, 0.25) is 0 Å². The number of hydrogen-bond acceptors (Lipinski definition) is 2. The molecular weight excluding hydrogens is 222 g/mol. The monoisotopic (exact) mass is 249 g/mol. The summed E-state index contributed by atoms with van der Waals surface area (Å²) in [4.78, 5) is 0. The first-order valence-corrected chi connectivity index (χ1v) is 7.81. The zero-order valence-corrected chi connectivity index (χ0v) is 11.7. The quantitative estimate of drug-likeness (QED) is 0.817. The zero-order valence-electron chi connectivity index (χ0n) is 11.7. The molecule has 2 nitrogen and oxygen atoms in total. The molecule has 2 rings (SSSR count). The van der Waals surface area contributed by atoms with Gasteiger partial charge in [0.25, 0.3) is 0 Å². The minimum absolute atomic E-state index is 0.368. The van der Waals surface area contributed by atoms with Gasteiger partial charge in [0.05, 0.1) is 17.6 Å². The summed E-state index contributed by atoms with van der Waals surface area (Å²) in [7, 11) is 0. The van der Waals surface area contributed by atoms with Gasteiger partial charge in [-0.2, -0.15) is 5.26 Å². The van der Waals surface area contributed by atoms with E-state index in [0.29, 0.717) is 5.92 Å². The van der Waals surface area contributed by atoms with Crippen LogP contribution in [-0.4, -0.2) is 11.2 Å². The number of hydrogen-bond donors (Lipinski definition) is 1. The topological polar surface area (TPSA) is 44.0 Å². The first-order chi connectivity index (χ1) is 8.72. The van der Waals surface area contributed by atoms with Gasteiger partial charge in [-0.1, -0.05) is 32.6 Å². The molecule has 0 bridgehead atoms. The molecule has 0 amide bonds. The Balaban J connectivity index is 1.97. The van der Waals surface area contributed by atoms with Crippen LogP contribution < -0.4 is 0 Å². The van der Waals surface area contributed by atoms with E-state index < -0.39 is 5.41 Å². The molecule has 18 heavy (non-hydrogen) atoms. The van der Waals surface area contributed by atoms with Gasteiger partial charge < -0.3 is 5.11 Å². The fourth-order valence-corrected chi connectivity index (χ4v) is 4.09. The second-order valence-electron chi connectivity index (χ2n) is 6.49. The predicted octanol–water partition coefficient (Wildman–Crippen LogP) is 4.04. The summed E-state index contributed by atoms with van der Waals surface area (Å²) in [5.41, 5.74) is -0.417. The fourth-order valence-electron chi connectivity index (χ4n) is 4.09. The maximum atomic E-state index is 10.6. The van der Waals surface area contributed by atoms with E-state index in [1.165, 1.54) is 25.7 Å². The molecule has 102 valence electrons. The minimum Gasteiger partial charge on any atom is -0.391 e. The molecule has 2 aliphatic carbocycles. The van der Waals surface area contributed by atoms with E-state index in [1.807, 2.05) is 0 Å². The van der Waals surface area contributed by atoms with Crippen LogP contribution in [0.15, 0.2) is 0 Å². The van der Waals surface area contributed by atoms with E-state index in [1.54, 1.807) is 0 Å². The molecule has 1 atom stereocenters. The maximum Gasteiger partial charge on any atom is 0.0835 e. The molecular formula is C16H27NO. The Hall–Kier alpha value is -0.550. The molecule has 1 unspecified atom stereocenters. The van der Waals surface area contributed by atoms with E-state index in [0.717, 1.165) is 44.4 Å². The van der Waals surface area contributed by atoms with Gasteiger partial charge in [0, 0.05) is 0 Å². The summed E-state index contributed by atoms with van der Waals surface area (Å²) in [6.07, 6.45) is 11.0. The van der Waals surface area contributed by atoms with Crippen LogP contribution in [-0.2, 0) is 0 Å². The zero-order chi connectivity index (χ0) is 13.0. The van der Waals surface area contributed by atoms with Crippen molar-refractivity contribution in [3.8, 4) is 6.07 Å². The van der Waals surface area contributed by atoms with Gasteiger partial charge in [-0.15, -0.1) is 0 Å². The highest BCUT2D eigenvalue weighted by atomic mass is 16.3. The highest BCUT2D eigenvalue weighted by Gasteiger charge is 2.45. The van der Waals surface area contributed by atoms with Gasteiger partial charge in [0.15, 0.2) is 0 Å². The molecule has 0 heterocycles. The number of rotatable bonds is 4. The SMILES string of the molecule is CCCC1CCC(C#N)(C(O)C2CCCC2)CC1. The van der Waals surface area contributed by atoms with Crippen LogP contribution in [0.3, 0.4) is 0 Å². The van der Waals surface area contributed by atoms with Crippen molar-refractivity contribution in [3.63, 3.8) is 0 Å². The van der Waals surface area contributed by atoms with E-state index in [-0.39, 0.29) is 6.10 Å². The first-order valence-electron chi connectivity index (χ1n) is 7.81. The van der Waals surface area contributed by atoms with Crippen molar-refractivity contribution in [3.05, 3.63) is 0 Å². The molecule has 2 aliphatic rings. The molecule has 1 N–H and O–H groups in total. The minimum atomic E-state index is -0.417. The lowest BCUT2D eigenvalue weighted by molar-refractivity contribution is -0.0141. The fraction of sp³-hybridized carbons (Fsp3) is 0.938. The van der Waals surface area contributed by atoms with Gasteiger partial charge in [-0.05, 0) is 50.4 Å². The van der Waals surface area contributed by atoms with Gasteiger partial charge in [0.1, 0.15) is 0 Å². The lowest BCUT2D eigenvalue weighted by Gasteiger charge is -2.40. The van der Waals surface area contributed by atoms with Crippen molar-refractivity contribution in [2.45, 2.75) is 77.2 Å². The molecule has 2 fully saturated rings. The van der Waals surface area contributed by atoms with E-state index in [4.69, 9.17) is 0 Å². The van der Waals surface area contributed by atoms with Crippen molar-refractivity contribution in [1.82, 2.24) is 0 Å². The lowest BCUT2D eigenvalue weighted by atomic mass is 9.64. The molecule has 0 aliphatic heterocycles. The van der Waals surface area contributed by atoms with Crippen LogP contribution in [0.1, 0.15) is 71.1 Å². The molecule has 0 aromatic heterocycles. The van der Waals surface area contributed by atoms with Crippen LogP contribution in [0.25, 0.3) is 0 Å². The normalized spacial score (nSPS) is 35.3. The summed E-state index contributed by atoms with van der Waals surface area (Å²) < 4.78 is 0. The van der Waals surface area contributed by atoms with Crippen LogP contribution in [0, 0.1) is 28.6 Å². The second kappa shape index (κ2) is 6.06. The summed E-state index contributed by atoms with van der Waals surface area (Å²) in [6, 6.07) is 2.51. The Morgan fingerprint density at radius 2 is 1.83 bits per heavy atom. The van der Waals surface area contributed by atoms with E-state index in [9.17, 15) is 10.4 Å². The van der Waals surface area contributed by atoms with Crippen LogP contribution in [0.5, 0.6) is 0 Å². The molecule has 2 heteroatoms. The molecule has 0 radical (unpaired) electrons. The van der Waals surface area contributed by atoms with Crippen LogP contribution >= 0.6 is 0 Å². The standard InChI is InChI=1S/C16H27NO/c1-2-5-13-8-10-16(12-17,11-9-13)15(18)14-6-3-4-7-14/h13-15,18H,2-11H2,1H3. The van der Waals surface area contributed by atoms with Gasteiger partial charge in [-0.25, -0.2) is 0 Å². The average molecular weight is 249 g/mol. The third kappa shape index (κ3) is 2.72. The molecule has 0 aromatic rings. The first kappa shape index (κ1) is 13.9.